The third-order valence-electron chi connectivity index (χ3n) is 4.05. The van der Waals surface area contributed by atoms with Gasteiger partial charge in [-0.05, 0) is 35.2 Å². The van der Waals surface area contributed by atoms with E-state index in [9.17, 15) is 24.2 Å². The zero-order chi connectivity index (χ0) is 20.5. The largest absolute Gasteiger partial charge is 0.481 e. The molecule has 0 aliphatic heterocycles. The smallest absolute Gasteiger partial charge is 0.407 e. The van der Waals surface area contributed by atoms with Crippen LogP contribution in [0.25, 0.3) is 0 Å². The van der Waals surface area contributed by atoms with Crippen molar-refractivity contribution >= 4 is 12.1 Å². The number of carbonyl (C=O) groups is 2. The Bertz CT molecular complexity index is 799. The summed E-state index contributed by atoms with van der Waals surface area (Å²) in [6.07, 6.45) is -3.87. The number of hydrogen-bond acceptors (Lipinski definition) is 5. The molecule has 2 aromatic rings. The van der Waals surface area contributed by atoms with Crippen LogP contribution in [0.4, 0.5) is 9.18 Å². The maximum atomic E-state index is 13.4. The fraction of sp³-hybridized carbons (Fsp3) is 0.300. The van der Waals surface area contributed by atoms with E-state index < -0.39 is 36.5 Å². The number of carboxylic acid groups (broad SMARTS) is 1. The third-order valence-corrected chi connectivity index (χ3v) is 4.05. The average Bonchev–Trinajstić information content (AvgIpc) is 2.66. The van der Waals surface area contributed by atoms with Gasteiger partial charge in [-0.15, -0.1) is 0 Å². The number of halogens is 1. The maximum absolute atomic E-state index is 13.4. The van der Waals surface area contributed by atoms with Gasteiger partial charge < -0.3 is 25.4 Å². The summed E-state index contributed by atoms with van der Waals surface area (Å²) in [5.74, 6) is -1.82. The monoisotopic (exact) mass is 391 g/mol. The first-order chi connectivity index (χ1) is 13.4. The molecule has 0 aliphatic carbocycles. The van der Waals surface area contributed by atoms with E-state index in [1.165, 1.54) is 6.07 Å². The number of aliphatic hydroxyl groups is 2. The van der Waals surface area contributed by atoms with Crippen LogP contribution >= 0.6 is 0 Å². The van der Waals surface area contributed by atoms with Crippen molar-refractivity contribution in [2.24, 2.45) is 0 Å². The summed E-state index contributed by atoms with van der Waals surface area (Å²) in [7, 11) is 0. The zero-order valence-electron chi connectivity index (χ0n) is 15.0. The molecule has 0 spiro atoms. The van der Waals surface area contributed by atoms with Crippen molar-refractivity contribution in [3.05, 3.63) is 71.0 Å². The number of carbonyl (C=O) groups excluding carboxylic acids is 1. The quantitative estimate of drug-likeness (QED) is 0.521. The maximum Gasteiger partial charge on any atom is 0.407 e. The molecule has 2 aromatic carbocycles. The molecule has 2 atom stereocenters. The van der Waals surface area contributed by atoms with Crippen LogP contribution in [0.1, 0.15) is 29.2 Å². The highest BCUT2D eigenvalue weighted by atomic mass is 19.1. The van der Waals surface area contributed by atoms with Crippen molar-refractivity contribution < 1.29 is 34.0 Å². The van der Waals surface area contributed by atoms with E-state index in [-0.39, 0.29) is 30.7 Å². The number of ether oxygens (including phenoxy) is 1. The molecule has 28 heavy (non-hydrogen) atoms. The van der Waals surface area contributed by atoms with E-state index in [1.54, 1.807) is 0 Å². The number of amides is 1. The van der Waals surface area contributed by atoms with Crippen LogP contribution in [0.3, 0.4) is 0 Å². The van der Waals surface area contributed by atoms with E-state index >= 15 is 0 Å². The Hall–Kier alpha value is -2.97. The number of hydrogen-bond donors (Lipinski definition) is 4. The van der Waals surface area contributed by atoms with Gasteiger partial charge in [0, 0.05) is 6.54 Å². The van der Waals surface area contributed by atoms with E-state index in [0.29, 0.717) is 0 Å². The summed E-state index contributed by atoms with van der Waals surface area (Å²) in [4.78, 5) is 22.6. The first kappa shape index (κ1) is 21.3. The van der Waals surface area contributed by atoms with Crippen LogP contribution in [0, 0.1) is 5.82 Å². The molecule has 8 heteroatoms. The molecule has 0 fully saturated rings. The second-order valence-corrected chi connectivity index (χ2v) is 6.20. The summed E-state index contributed by atoms with van der Waals surface area (Å²) in [5.41, 5.74) is 1.03. The Morgan fingerprint density at radius 1 is 1.11 bits per heavy atom. The predicted molar refractivity (Wildman–Crippen MR) is 98.0 cm³/mol. The lowest BCUT2D eigenvalue weighted by atomic mass is 9.95. The van der Waals surface area contributed by atoms with Gasteiger partial charge >= 0.3 is 12.1 Å². The normalized spacial score (nSPS) is 12.8. The van der Waals surface area contributed by atoms with Gasteiger partial charge in [0.1, 0.15) is 18.5 Å². The molecule has 0 saturated carbocycles. The minimum absolute atomic E-state index is 0.00844. The lowest BCUT2D eigenvalue weighted by molar-refractivity contribution is -0.136. The number of aliphatic hydroxyl groups excluding tert-OH is 2. The molecule has 7 nitrogen and oxygen atoms in total. The first-order valence-corrected chi connectivity index (χ1v) is 8.67. The topological polar surface area (TPSA) is 116 Å². The summed E-state index contributed by atoms with van der Waals surface area (Å²) in [6.45, 7) is 0.132. The van der Waals surface area contributed by atoms with E-state index in [0.717, 1.165) is 17.7 Å². The van der Waals surface area contributed by atoms with Crippen molar-refractivity contribution in [3.8, 4) is 0 Å². The molecule has 0 radical (unpaired) electrons. The van der Waals surface area contributed by atoms with Crippen molar-refractivity contribution in [2.75, 3.05) is 6.54 Å². The van der Waals surface area contributed by atoms with Gasteiger partial charge in [0.25, 0.3) is 0 Å². The number of rotatable bonds is 9. The molecule has 2 rings (SSSR count). The highest BCUT2D eigenvalue weighted by Crippen LogP contribution is 2.24. The average molecular weight is 391 g/mol. The Balaban J connectivity index is 1.83. The van der Waals surface area contributed by atoms with Crippen LogP contribution in [0.2, 0.25) is 0 Å². The fourth-order valence-corrected chi connectivity index (χ4v) is 2.64. The van der Waals surface area contributed by atoms with Crippen molar-refractivity contribution in [1.82, 2.24) is 5.32 Å². The van der Waals surface area contributed by atoms with Crippen LogP contribution in [-0.2, 0) is 22.6 Å². The number of nitrogens with one attached hydrogen (secondary N) is 1. The molecule has 1 amide bonds. The van der Waals surface area contributed by atoms with Crippen LogP contribution in [0.5, 0.6) is 0 Å². The second kappa shape index (κ2) is 10.4. The Kier molecular flexibility index (Phi) is 7.91. The molecule has 150 valence electrons. The third kappa shape index (κ3) is 6.64. The minimum atomic E-state index is -1.42. The zero-order valence-corrected chi connectivity index (χ0v) is 15.0. The van der Waals surface area contributed by atoms with Crippen molar-refractivity contribution in [1.29, 1.82) is 0 Å². The first-order valence-electron chi connectivity index (χ1n) is 8.67. The Morgan fingerprint density at radius 2 is 1.82 bits per heavy atom. The van der Waals surface area contributed by atoms with Gasteiger partial charge in [-0.25, -0.2) is 9.18 Å². The highest BCUT2D eigenvalue weighted by molar-refractivity contribution is 5.70. The molecule has 0 bridgehead atoms. The van der Waals surface area contributed by atoms with Gasteiger partial charge in [-0.1, -0.05) is 36.4 Å². The molecule has 0 aliphatic rings. The van der Waals surface area contributed by atoms with Gasteiger partial charge in [-0.2, -0.15) is 0 Å². The van der Waals surface area contributed by atoms with Gasteiger partial charge in [0.05, 0.1) is 12.5 Å². The Morgan fingerprint density at radius 3 is 2.50 bits per heavy atom. The molecular weight excluding hydrogens is 369 g/mol. The second-order valence-electron chi connectivity index (χ2n) is 6.20. The van der Waals surface area contributed by atoms with E-state index in [2.05, 4.69) is 5.32 Å². The number of alkyl carbamates (subject to hydrolysis) is 1. The molecule has 0 heterocycles. The number of carboxylic acids is 1. The van der Waals surface area contributed by atoms with E-state index in [4.69, 9.17) is 9.84 Å². The van der Waals surface area contributed by atoms with Crippen molar-refractivity contribution in [3.63, 3.8) is 0 Å². The molecule has 0 saturated heterocycles. The molecule has 0 aromatic heterocycles. The van der Waals surface area contributed by atoms with E-state index in [1.807, 2.05) is 30.3 Å². The fourth-order valence-electron chi connectivity index (χ4n) is 2.64. The van der Waals surface area contributed by atoms with Gasteiger partial charge in [0.2, 0.25) is 0 Å². The SMILES string of the molecule is O=C(O)Cc1cc(F)ccc1C(O)C(O)CCNC(=O)OCc1ccccc1. The van der Waals surface area contributed by atoms with Gasteiger partial charge in [-0.3, -0.25) is 4.79 Å². The predicted octanol–water partition coefficient (Wildman–Crippen LogP) is 2.16. The summed E-state index contributed by atoms with van der Waals surface area (Å²) in [6, 6.07) is 12.4. The van der Waals surface area contributed by atoms with Crippen LogP contribution in [-0.4, -0.2) is 40.0 Å². The highest BCUT2D eigenvalue weighted by Gasteiger charge is 2.22. The molecule has 4 N–H and O–H groups in total. The van der Waals surface area contributed by atoms with Crippen LogP contribution in [0.15, 0.2) is 48.5 Å². The van der Waals surface area contributed by atoms with Crippen molar-refractivity contribution in [2.45, 2.75) is 31.7 Å². The minimum Gasteiger partial charge on any atom is -0.481 e. The molecular formula is C20H22FNO6. The van der Waals surface area contributed by atoms with Gasteiger partial charge in [0.15, 0.2) is 0 Å². The number of aliphatic carboxylic acids is 1. The lowest BCUT2D eigenvalue weighted by Crippen LogP contribution is -2.30. The molecule has 2 unspecified atom stereocenters. The summed E-state index contributed by atoms with van der Waals surface area (Å²) >= 11 is 0. The standard InChI is InChI=1S/C20H22FNO6/c21-15-6-7-16(14(10-15)11-18(24)25)19(26)17(23)8-9-22-20(27)28-12-13-4-2-1-3-5-13/h1-7,10,17,19,23,26H,8-9,11-12H2,(H,22,27)(H,24,25). The van der Waals surface area contributed by atoms with Crippen LogP contribution < -0.4 is 5.32 Å². The number of benzene rings is 2. The lowest BCUT2D eigenvalue weighted by Gasteiger charge is -2.20. The summed E-state index contributed by atoms with van der Waals surface area (Å²) < 4.78 is 18.4. The Labute approximate surface area is 161 Å². The summed E-state index contributed by atoms with van der Waals surface area (Å²) in [5, 5.41) is 31.8.